The largest absolute Gasteiger partial charge is 0.481 e. The molecule has 19 heavy (non-hydrogen) atoms. The van der Waals surface area contributed by atoms with Crippen LogP contribution in [0.4, 0.5) is 11.5 Å². The van der Waals surface area contributed by atoms with E-state index >= 15 is 0 Å². The molecule has 0 spiro atoms. The summed E-state index contributed by atoms with van der Waals surface area (Å²) in [5.74, 6) is -1.10. The van der Waals surface area contributed by atoms with Gasteiger partial charge < -0.3 is 10.4 Å². The Morgan fingerprint density at radius 2 is 2.42 bits per heavy atom. The van der Waals surface area contributed by atoms with Gasteiger partial charge >= 0.3 is 11.7 Å². The first-order valence-corrected chi connectivity index (χ1v) is 5.44. The lowest BCUT2D eigenvalue weighted by atomic mass is 10.1. The fourth-order valence-corrected chi connectivity index (χ4v) is 1.43. The van der Waals surface area contributed by atoms with E-state index in [1.54, 1.807) is 13.0 Å². The van der Waals surface area contributed by atoms with Crippen LogP contribution in [-0.4, -0.2) is 27.5 Å². The number of carboxylic acids is 1. The van der Waals surface area contributed by atoms with Gasteiger partial charge in [0.05, 0.1) is 10.5 Å². The van der Waals surface area contributed by atoms with Gasteiger partial charge in [-0.3, -0.25) is 14.9 Å². The number of nitrogens with zero attached hydrogens (tertiary/aromatic N) is 3. The van der Waals surface area contributed by atoms with E-state index in [-0.39, 0.29) is 36.0 Å². The van der Waals surface area contributed by atoms with Gasteiger partial charge in [-0.1, -0.05) is 6.92 Å². The molecule has 0 saturated carbocycles. The van der Waals surface area contributed by atoms with Crippen molar-refractivity contribution in [3.05, 3.63) is 27.9 Å². The van der Waals surface area contributed by atoms with E-state index in [0.29, 0.717) is 0 Å². The monoisotopic (exact) mass is 264 g/mol. The van der Waals surface area contributed by atoms with Gasteiger partial charge in [0, 0.05) is 25.2 Å². The number of hydrogen-bond donors (Lipinski definition) is 2. The highest BCUT2D eigenvalue weighted by Crippen LogP contribution is 2.22. The van der Waals surface area contributed by atoms with Gasteiger partial charge in [0.1, 0.15) is 6.07 Å². The second-order valence-electron chi connectivity index (χ2n) is 4.04. The average Bonchev–Trinajstić information content (AvgIpc) is 2.35. The van der Waals surface area contributed by atoms with E-state index < -0.39 is 10.9 Å². The fraction of sp³-hybridized carbons (Fsp3) is 0.364. The van der Waals surface area contributed by atoms with Gasteiger partial charge in [0.2, 0.25) is 5.82 Å². The van der Waals surface area contributed by atoms with Crippen molar-refractivity contribution in [2.24, 2.45) is 5.92 Å². The smallest absolute Gasteiger partial charge is 0.312 e. The van der Waals surface area contributed by atoms with Crippen LogP contribution < -0.4 is 5.32 Å². The number of carbonyl (C=O) groups is 1. The maximum absolute atomic E-state index is 10.8. The van der Waals surface area contributed by atoms with Crippen molar-refractivity contribution < 1.29 is 14.8 Å². The van der Waals surface area contributed by atoms with Crippen molar-refractivity contribution in [1.82, 2.24) is 4.98 Å². The lowest BCUT2D eigenvalue weighted by molar-refractivity contribution is -0.384. The molecule has 1 aromatic heterocycles. The zero-order valence-electron chi connectivity index (χ0n) is 10.2. The second-order valence-corrected chi connectivity index (χ2v) is 4.04. The van der Waals surface area contributed by atoms with Gasteiger partial charge in [-0.15, -0.1) is 0 Å². The molecule has 0 aliphatic rings. The zero-order chi connectivity index (χ0) is 14.4. The molecular formula is C11H12N4O4. The first-order chi connectivity index (χ1) is 8.93. The molecule has 0 bridgehead atoms. The van der Waals surface area contributed by atoms with Gasteiger partial charge in [0.25, 0.3) is 0 Å². The van der Waals surface area contributed by atoms with Crippen molar-refractivity contribution in [2.45, 2.75) is 13.3 Å². The Morgan fingerprint density at radius 1 is 1.74 bits per heavy atom. The highest BCUT2D eigenvalue weighted by molar-refractivity contribution is 5.67. The van der Waals surface area contributed by atoms with E-state index in [9.17, 15) is 14.9 Å². The van der Waals surface area contributed by atoms with Crippen LogP contribution >= 0.6 is 0 Å². The summed E-state index contributed by atoms with van der Waals surface area (Å²) in [5.41, 5.74) is -0.211. The summed E-state index contributed by atoms with van der Waals surface area (Å²) < 4.78 is 0. The summed E-state index contributed by atoms with van der Waals surface area (Å²) in [6, 6.07) is 2.89. The van der Waals surface area contributed by atoms with Crippen LogP contribution in [0.2, 0.25) is 0 Å². The number of rotatable bonds is 6. The second kappa shape index (κ2) is 6.30. The van der Waals surface area contributed by atoms with Crippen LogP contribution in [0.5, 0.6) is 0 Å². The van der Waals surface area contributed by atoms with Gasteiger partial charge in [-0.25, -0.2) is 4.98 Å². The number of nitro groups is 1. The number of aliphatic carboxylic acids is 1. The molecule has 8 nitrogen and oxygen atoms in total. The maximum atomic E-state index is 10.8. The van der Waals surface area contributed by atoms with Crippen LogP contribution in [0.1, 0.15) is 18.9 Å². The average molecular weight is 264 g/mol. The van der Waals surface area contributed by atoms with Gasteiger partial charge in [0.15, 0.2) is 0 Å². The quantitative estimate of drug-likeness (QED) is 0.586. The van der Waals surface area contributed by atoms with Crippen LogP contribution in [0, 0.1) is 27.4 Å². The van der Waals surface area contributed by atoms with Gasteiger partial charge in [-0.05, 0) is 5.92 Å². The SMILES string of the molecule is CC(CNc1ncc(C#N)cc1[N+](=O)[O-])CC(=O)O. The summed E-state index contributed by atoms with van der Waals surface area (Å²) in [6.07, 6.45) is 1.17. The van der Waals surface area contributed by atoms with Crippen molar-refractivity contribution in [1.29, 1.82) is 5.26 Å². The molecule has 1 heterocycles. The summed E-state index contributed by atoms with van der Waals surface area (Å²) in [7, 11) is 0. The molecule has 100 valence electrons. The Labute approximate surface area is 108 Å². The molecule has 0 aliphatic heterocycles. The Kier molecular flexibility index (Phi) is 4.76. The lowest BCUT2D eigenvalue weighted by Gasteiger charge is -2.10. The minimum absolute atomic E-state index is 0.0289. The van der Waals surface area contributed by atoms with E-state index in [1.807, 2.05) is 0 Å². The lowest BCUT2D eigenvalue weighted by Crippen LogP contribution is -2.16. The van der Waals surface area contributed by atoms with E-state index in [4.69, 9.17) is 10.4 Å². The topological polar surface area (TPSA) is 129 Å². The van der Waals surface area contributed by atoms with E-state index in [1.165, 1.54) is 6.20 Å². The summed E-state index contributed by atoms with van der Waals surface area (Å²) in [6.45, 7) is 1.95. The molecule has 1 aromatic rings. The van der Waals surface area contributed by atoms with E-state index in [2.05, 4.69) is 10.3 Å². The number of carboxylic acid groups (broad SMARTS) is 1. The summed E-state index contributed by atoms with van der Waals surface area (Å²) in [5, 5.41) is 30.8. The standard InChI is InChI=1S/C11H12N4O4/c1-7(2-10(16)17)5-13-11-9(15(18)19)3-8(4-12)6-14-11/h3,6-7H,2,5H2,1H3,(H,13,14)(H,16,17). The normalized spacial score (nSPS) is 11.4. The molecule has 0 fully saturated rings. The Bertz CT molecular complexity index is 538. The summed E-state index contributed by atoms with van der Waals surface area (Å²) >= 11 is 0. The first kappa shape index (κ1) is 14.4. The highest BCUT2D eigenvalue weighted by Gasteiger charge is 2.17. The highest BCUT2D eigenvalue weighted by atomic mass is 16.6. The maximum Gasteiger partial charge on any atom is 0.312 e. The Morgan fingerprint density at radius 3 is 2.95 bits per heavy atom. The van der Waals surface area contributed by atoms with Crippen LogP contribution in [0.25, 0.3) is 0 Å². The third-order valence-corrected chi connectivity index (χ3v) is 2.33. The molecule has 1 unspecified atom stereocenters. The molecule has 0 amide bonds. The molecule has 2 N–H and O–H groups in total. The predicted molar refractivity (Wildman–Crippen MR) is 65.5 cm³/mol. The number of aromatic nitrogens is 1. The van der Waals surface area contributed by atoms with Crippen LogP contribution in [0.3, 0.4) is 0 Å². The number of anilines is 1. The molecule has 0 aromatic carbocycles. The number of nitrogens with one attached hydrogen (secondary N) is 1. The Hall–Kier alpha value is -2.69. The Balaban J connectivity index is 2.81. The number of hydrogen-bond acceptors (Lipinski definition) is 6. The first-order valence-electron chi connectivity index (χ1n) is 5.44. The van der Waals surface area contributed by atoms with Crippen molar-refractivity contribution in [2.75, 3.05) is 11.9 Å². The van der Waals surface area contributed by atoms with Crippen molar-refractivity contribution in [3.63, 3.8) is 0 Å². The zero-order valence-corrected chi connectivity index (χ0v) is 10.2. The summed E-state index contributed by atoms with van der Waals surface area (Å²) in [4.78, 5) is 24.5. The number of pyridine rings is 1. The van der Waals surface area contributed by atoms with Crippen molar-refractivity contribution >= 4 is 17.5 Å². The predicted octanol–water partition coefficient (Wildman–Crippen LogP) is 1.38. The minimum Gasteiger partial charge on any atom is -0.481 e. The van der Waals surface area contributed by atoms with Crippen LogP contribution in [0.15, 0.2) is 12.3 Å². The molecule has 0 saturated heterocycles. The van der Waals surface area contributed by atoms with Crippen LogP contribution in [-0.2, 0) is 4.79 Å². The minimum atomic E-state index is -0.934. The van der Waals surface area contributed by atoms with Crippen molar-refractivity contribution in [3.8, 4) is 6.07 Å². The molecule has 1 atom stereocenters. The molecule has 0 radical (unpaired) electrons. The van der Waals surface area contributed by atoms with Gasteiger partial charge in [-0.2, -0.15) is 5.26 Å². The number of nitriles is 1. The third kappa shape index (κ3) is 4.23. The molecule has 1 rings (SSSR count). The van der Waals surface area contributed by atoms with E-state index in [0.717, 1.165) is 6.07 Å². The molecule has 8 heteroatoms. The molecule has 0 aliphatic carbocycles. The fourth-order valence-electron chi connectivity index (χ4n) is 1.43. The molecular weight excluding hydrogens is 252 g/mol. The third-order valence-electron chi connectivity index (χ3n) is 2.33.